The molecule has 0 radical (unpaired) electrons. The van der Waals surface area contributed by atoms with Crippen LogP contribution in [0.3, 0.4) is 0 Å². The van der Waals surface area contributed by atoms with Crippen molar-refractivity contribution in [3.63, 3.8) is 0 Å². The third kappa shape index (κ3) is 4.35. The molecule has 0 saturated heterocycles. The highest BCUT2D eigenvalue weighted by Gasteiger charge is 2.32. The first kappa shape index (κ1) is 20.2. The summed E-state index contributed by atoms with van der Waals surface area (Å²) in [4.78, 5) is -0.559. The maximum Gasteiger partial charge on any atom is 0.244 e. The van der Waals surface area contributed by atoms with Gasteiger partial charge in [0.2, 0.25) is 10.0 Å². The summed E-state index contributed by atoms with van der Waals surface area (Å²) >= 11 is 0. The summed E-state index contributed by atoms with van der Waals surface area (Å²) in [6, 6.07) is 1.56. The number of sulfonamides is 1. The Kier molecular flexibility index (Phi) is 7.22. The summed E-state index contributed by atoms with van der Waals surface area (Å²) in [5.74, 6) is -1.89. The molecule has 0 bridgehead atoms. The fourth-order valence-corrected chi connectivity index (χ4v) is 3.60. The van der Waals surface area contributed by atoms with Gasteiger partial charge in [-0.2, -0.15) is 0 Å². The topological polar surface area (TPSA) is 72.2 Å². The van der Waals surface area contributed by atoms with Gasteiger partial charge in [-0.05, 0) is 31.4 Å². The molecule has 8 heteroatoms. The van der Waals surface area contributed by atoms with Gasteiger partial charge in [0.25, 0.3) is 0 Å². The quantitative estimate of drug-likeness (QED) is 0.834. The van der Waals surface area contributed by atoms with Gasteiger partial charge in [0.1, 0.15) is 16.5 Å². The molecule has 0 saturated carbocycles. The normalized spacial score (nSPS) is 12.1. The second-order valence-electron chi connectivity index (χ2n) is 4.83. The summed E-state index contributed by atoms with van der Waals surface area (Å²) in [5.41, 5.74) is 4.87. The lowest BCUT2D eigenvalue weighted by atomic mass is 9.95. The van der Waals surface area contributed by atoms with Gasteiger partial charge in [-0.1, -0.05) is 13.8 Å². The molecule has 0 aliphatic heterocycles. The maximum atomic E-state index is 13.7. The number of benzene rings is 1. The highest BCUT2D eigenvalue weighted by atomic mass is 35.5. The van der Waals surface area contributed by atoms with Gasteiger partial charge in [0.05, 0.1) is 0 Å². The molecule has 3 N–H and O–H groups in total. The summed E-state index contributed by atoms with van der Waals surface area (Å²) in [7, 11) is -4.10. The zero-order valence-electron chi connectivity index (χ0n) is 12.2. The first-order valence-electron chi connectivity index (χ1n) is 6.41. The molecule has 1 aromatic carbocycles. The predicted molar refractivity (Wildman–Crippen MR) is 81.0 cm³/mol. The zero-order chi connectivity index (χ0) is 15.6. The first-order valence-corrected chi connectivity index (χ1v) is 7.89. The largest absolute Gasteiger partial charge is 0.329 e. The van der Waals surface area contributed by atoms with Crippen molar-refractivity contribution in [3.8, 4) is 0 Å². The Morgan fingerprint density at radius 2 is 1.71 bits per heavy atom. The van der Waals surface area contributed by atoms with Gasteiger partial charge in [-0.3, -0.25) is 0 Å². The van der Waals surface area contributed by atoms with E-state index >= 15 is 0 Å². The van der Waals surface area contributed by atoms with Gasteiger partial charge < -0.3 is 5.73 Å². The molecular weight excluding hydrogens is 322 g/mol. The van der Waals surface area contributed by atoms with Crippen molar-refractivity contribution in [3.05, 3.63) is 29.3 Å². The number of halogens is 3. The van der Waals surface area contributed by atoms with Crippen LogP contribution in [0.5, 0.6) is 0 Å². The minimum absolute atomic E-state index is 0. The summed E-state index contributed by atoms with van der Waals surface area (Å²) < 4.78 is 53.9. The van der Waals surface area contributed by atoms with Crippen LogP contribution in [0.1, 0.15) is 32.3 Å². The molecule has 4 nitrogen and oxygen atoms in total. The van der Waals surface area contributed by atoms with E-state index in [2.05, 4.69) is 4.72 Å². The van der Waals surface area contributed by atoms with Crippen LogP contribution < -0.4 is 10.5 Å². The van der Waals surface area contributed by atoms with Crippen LogP contribution in [-0.4, -0.2) is 20.5 Å². The van der Waals surface area contributed by atoms with Crippen LogP contribution >= 0.6 is 12.4 Å². The number of aryl methyl sites for hydroxylation is 1. The van der Waals surface area contributed by atoms with E-state index in [1.54, 1.807) is 13.8 Å². The molecule has 0 amide bonds. The Morgan fingerprint density at radius 3 is 2.14 bits per heavy atom. The van der Waals surface area contributed by atoms with E-state index in [-0.39, 0.29) is 24.5 Å². The number of nitrogens with two attached hydrogens (primary N) is 1. The molecular formula is C13H21ClF2N2O2S. The Hall–Kier alpha value is -0.760. The summed E-state index contributed by atoms with van der Waals surface area (Å²) in [6.45, 7) is 5.07. The van der Waals surface area contributed by atoms with Gasteiger partial charge >= 0.3 is 0 Å². The lowest BCUT2D eigenvalue weighted by Gasteiger charge is -2.31. The third-order valence-electron chi connectivity index (χ3n) is 3.60. The zero-order valence-corrected chi connectivity index (χ0v) is 13.9. The number of hydrogen-bond acceptors (Lipinski definition) is 3. The van der Waals surface area contributed by atoms with Crippen molar-refractivity contribution in [1.29, 1.82) is 0 Å². The smallest absolute Gasteiger partial charge is 0.244 e. The Labute approximate surface area is 130 Å². The lowest BCUT2D eigenvalue weighted by molar-refractivity contribution is 0.362. The maximum absolute atomic E-state index is 13.7. The highest BCUT2D eigenvalue weighted by Crippen LogP contribution is 2.22. The standard InChI is InChI=1S/C13H20F2N2O2S.ClH/c1-4-13(5-2,8-16)17-20(18,19)12-6-9(3)10(14)7-11(12)15;/h6-7,17H,4-5,8,16H2,1-3H3;1H. The molecule has 0 aliphatic rings. The molecule has 0 fully saturated rings. The second kappa shape index (κ2) is 7.49. The van der Waals surface area contributed by atoms with Gasteiger partial charge in [0, 0.05) is 18.2 Å². The van der Waals surface area contributed by atoms with Crippen LogP contribution in [0.4, 0.5) is 8.78 Å². The highest BCUT2D eigenvalue weighted by molar-refractivity contribution is 7.89. The van der Waals surface area contributed by atoms with E-state index in [1.165, 1.54) is 6.92 Å². The average molecular weight is 343 g/mol. The molecule has 0 unspecified atom stereocenters. The van der Waals surface area contributed by atoms with E-state index in [0.29, 0.717) is 18.9 Å². The molecule has 1 rings (SSSR count). The summed E-state index contributed by atoms with van der Waals surface area (Å²) in [6.07, 6.45) is 0.946. The van der Waals surface area contributed by atoms with E-state index in [4.69, 9.17) is 5.73 Å². The van der Waals surface area contributed by atoms with Gasteiger partial charge in [-0.15, -0.1) is 12.4 Å². The Bertz CT molecular complexity index is 582. The molecule has 0 aromatic heterocycles. The molecule has 122 valence electrons. The van der Waals surface area contributed by atoms with Crippen LogP contribution in [0.15, 0.2) is 17.0 Å². The molecule has 1 aromatic rings. The fourth-order valence-electron chi connectivity index (χ4n) is 1.90. The Balaban J connectivity index is 0.00000400. The van der Waals surface area contributed by atoms with Gasteiger partial charge in [-0.25, -0.2) is 21.9 Å². The second-order valence-corrected chi connectivity index (χ2v) is 6.48. The SMILES string of the molecule is CCC(CC)(CN)NS(=O)(=O)c1cc(C)c(F)cc1F.Cl. The molecule has 0 heterocycles. The number of hydrogen-bond donors (Lipinski definition) is 2. The monoisotopic (exact) mass is 342 g/mol. The van der Waals surface area contributed by atoms with E-state index in [0.717, 1.165) is 6.07 Å². The van der Waals surface area contributed by atoms with E-state index in [9.17, 15) is 17.2 Å². The summed E-state index contributed by atoms with van der Waals surface area (Å²) in [5, 5.41) is 0. The van der Waals surface area contributed by atoms with Crippen molar-refractivity contribution in [2.75, 3.05) is 6.54 Å². The number of nitrogens with one attached hydrogen (secondary N) is 1. The molecule has 0 spiro atoms. The van der Waals surface area contributed by atoms with Crippen molar-refractivity contribution < 1.29 is 17.2 Å². The van der Waals surface area contributed by atoms with Crippen LogP contribution in [0.25, 0.3) is 0 Å². The van der Waals surface area contributed by atoms with E-state index < -0.39 is 32.1 Å². The lowest BCUT2D eigenvalue weighted by Crippen LogP contribution is -2.52. The first-order chi connectivity index (χ1) is 9.21. The fraction of sp³-hybridized carbons (Fsp3) is 0.538. The number of rotatable bonds is 6. The minimum Gasteiger partial charge on any atom is -0.329 e. The average Bonchev–Trinajstić information content (AvgIpc) is 2.40. The molecule has 21 heavy (non-hydrogen) atoms. The third-order valence-corrected chi connectivity index (χ3v) is 5.19. The van der Waals surface area contributed by atoms with Crippen molar-refractivity contribution in [2.45, 2.75) is 44.0 Å². The van der Waals surface area contributed by atoms with Gasteiger partial charge in [0.15, 0.2) is 0 Å². The van der Waals surface area contributed by atoms with Crippen molar-refractivity contribution in [1.82, 2.24) is 4.72 Å². The predicted octanol–water partition coefficient (Wildman–Crippen LogP) is 2.49. The van der Waals surface area contributed by atoms with Crippen LogP contribution in [-0.2, 0) is 10.0 Å². The van der Waals surface area contributed by atoms with Crippen LogP contribution in [0.2, 0.25) is 0 Å². The van der Waals surface area contributed by atoms with E-state index in [1.807, 2.05) is 0 Å². The molecule has 0 atom stereocenters. The molecule has 0 aliphatic carbocycles. The van der Waals surface area contributed by atoms with Crippen molar-refractivity contribution >= 4 is 22.4 Å². The van der Waals surface area contributed by atoms with Crippen LogP contribution in [0, 0.1) is 18.6 Å². The minimum atomic E-state index is -4.10. The van der Waals surface area contributed by atoms with Crippen molar-refractivity contribution in [2.24, 2.45) is 5.73 Å². The Morgan fingerprint density at radius 1 is 1.19 bits per heavy atom.